The standard InChI is InChI=1S/C14H11N3O4/c1-16(9-11-4-2-3-10(7-11)8-15)14(18)12-5-6-13(21-12)17(19)20/h2-7H,9H2,1H3. The summed E-state index contributed by atoms with van der Waals surface area (Å²) in [5, 5.41) is 19.4. The Balaban J connectivity index is 2.11. The average Bonchev–Trinajstić information content (AvgIpc) is 2.96. The third-order valence-corrected chi connectivity index (χ3v) is 2.81. The van der Waals surface area contributed by atoms with Crippen LogP contribution in [0, 0.1) is 21.4 Å². The minimum Gasteiger partial charge on any atom is -0.395 e. The number of amides is 1. The summed E-state index contributed by atoms with van der Waals surface area (Å²) in [6, 6.07) is 11.3. The Morgan fingerprint density at radius 1 is 1.43 bits per heavy atom. The normalized spacial score (nSPS) is 9.90. The number of hydrogen-bond acceptors (Lipinski definition) is 5. The number of nitro groups is 1. The summed E-state index contributed by atoms with van der Waals surface area (Å²) in [6.07, 6.45) is 0. The molecule has 0 radical (unpaired) electrons. The highest BCUT2D eigenvalue weighted by Crippen LogP contribution is 2.17. The van der Waals surface area contributed by atoms with E-state index in [1.165, 1.54) is 11.0 Å². The molecule has 0 spiro atoms. The molecule has 1 aromatic carbocycles. The second-order valence-electron chi connectivity index (χ2n) is 4.37. The van der Waals surface area contributed by atoms with Gasteiger partial charge in [-0.3, -0.25) is 14.9 Å². The molecule has 1 amide bonds. The van der Waals surface area contributed by atoms with E-state index in [0.29, 0.717) is 5.56 Å². The van der Waals surface area contributed by atoms with Crippen LogP contribution in [-0.4, -0.2) is 22.8 Å². The molecule has 0 N–H and O–H groups in total. The third-order valence-electron chi connectivity index (χ3n) is 2.81. The summed E-state index contributed by atoms with van der Waals surface area (Å²) in [5.41, 5.74) is 1.29. The first kappa shape index (κ1) is 14.3. The van der Waals surface area contributed by atoms with Crippen molar-refractivity contribution in [1.82, 2.24) is 4.90 Å². The first-order chi connectivity index (χ1) is 10.0. The zero-order valence-electron chi connectivity index (χ0n) is 11.1. The van der Waals surface area contributed by atoms with Crippen molar-refractivity contribution in [2.45, 2.75) is 6.54 Å². The van der Waals surface area contributed by atoms with E-state index in [1.54, 1.807) is 31.3 Å². The van der Waals surface area contributed by atoms with Gasteiger partial charge in [0.15, 0.2) is 5.76 Å². The van der Waals surface area contributed by atoms with E-state index in [4.69, 9.17) is 9.68 Å². The molecule has 0 atom stereocenters. The van der Waals surface area contributed by atoms with Gasteiger partial charge in [-0.05, 0) is 23.8 Å². The summed E-state index contributed by atoms with van der Waals surface area (Å²) >= 11 is 0. The van der Waals surface area contributed by atoms with Gasteiger partial charge < -0.3 is 9.32 Å². The van der Waals surface area contributed by atoms with Crippen LogP contribution in [0.15, 0.2) is 40.8 Å². The minimum absolute atomic E-state index is 0.0966. The van der Waals surface area contributed by atoms with Gasteiger partial charge in [0.25, 0.3) is 5.91 Å². The summed E-state index contributed by atoms with van der Waals surface area (Å²) in [7, 11) is 1.55. The lowest BCUT2D eigenvalue weighted by molar-refractivity contribution is -0.402. The number of carbonyl (C=O) groups is 1. The monoisotopic (exact) mass is 285 g/mol. The largest absolute Gasteiger partial charge is 0.433 e. The Hall–Kier alpha value is -3.14. The second-order valence-corrected chi connectivity index (χ2v) is 4.37. The lowest BCUT2D eigenvalue weighted by Gasteiger charge is -2.15. The maximum Gasteiger partial charge on any atom is 0.433 e. The van der Waals surface area contributed by atoms with Crippen molar-refractivity contribution in [2.24, 2.45) is 0 Å². The molecular formula is C14H11N3O4. The van der Waals surface area contributed by atoms with Gasteiger partial charge in [0.2, 0.25) is 0 Å². The maximum atomic E-state index is 12.1. The molecule has 21 heavy (non-hydrogen) atoms. The SMILES string of the molecule is CN(Cc1cccc(C#N)c1)C(=O)c1ccc([N+](=O)[O-])o1. The van der Waals surface area contributed by atoms with Gasteiger partial charge in [-0.15, -0.1) is 0 Å². The predicted octanol–water partition coefficient (Wildman–Crippen LogP) is 2.33. The van der Waals surface area contributed by atoms with E-state index in [9.17, 15) is 14.9 Å². The quantitative estimate of drug-likeness (QED) is 0.634. The second kappa shape index (κ2) is 5.88. The molecular weight excluding hydrogens is 274 g/mol. The molecule has 1 aromatic heterocycles. The van der Waals surface area contributed by atoms with Crippen LogP contribution in [-0.2, 0) is 6.54 Å². The van der Waals surface area contributed by atoms with E-state index in [-0.39, 0.29) is 12.3 Å². The zero-order chi connectivity index (χ0) is 15.4. The zero-order valence-corrected chi connectivity index (χ0v) is 11.1. The van der Waals surface area contributed by atoms with Crippen LogP contribution in [0.3, 0.4) is 0 Å². The first-order valence-electron chi connectivity index (χ1n) is 6.00. The Morgan fingerprint density at radius 2 is 2.19 bits per heavy atom. The smallest absolute Gasteiger partial charge is 0.395 e. The number of nitriles is 1. The van der Waals surface area contributed by atoms with Crippen molar-refractivity contribution in [3.05, 3.63) is 63.4 Å². The van der Waals surface area contributed by atoms with Crippen LogP contribution in [0.5, 0.6) is 0 Å². The average molecular weight is 285 g/mol. The number of nitrogens with zero attached hydrogens (tertiary/aromatic N) is 3. The van der Waals surface area contributed by atoms with Crippen molar-refractivity contribution in [3.63, 3.8) is 0 Å². The molecule has 0 aliphatic rings. The molecule has 106 valence electrons. The van der Waals surface area contributed by atoms with Crippen LogP contribution in [0.4, 0.5) is 5.88 Å². The molecule has 0 aliphatic heterocycles. The van der Waals surface area contributed by atoms with Gasteiger partial charge in [0.1, 0.15) is 4.92 Å². The molecule has 0 bridgehead atoms. The van der Waals surface area contributed by atoms with Crippen LogP contribution >= 0.6 is 0 Å². The van der Waals surface area contributed by atoms with Crippen molar-refractivity contribution in [3.8, 4) is 6.07 Å². The van der Waals surface area contributed by atoms with Gasteiger partial charge in [-0.25, -0.2) is 0 Å². The molecule has 7 heteroatoms. The van der Waals surface area contributed by atoms with Crippen molar-refractivity contribution >= 4 is 11.8 Å². The molecule has 0 saturated carbocycles. The first-order valence-corrected chi connectivity index (χ1v) is 6.00. The van der Waals surface area contributed by atoms with Gasteiger partial charge >= 0.3 is 5.88 Å². The van der Waals surface area contributed by atoms with Crippen LogP contribution in [0.2, 0.25) is 0 Å². The number of rotatable bonds is 4. The molecule has 0 unspecified atom stereocenters. The van der Waals surface area contributed by atoms with Crippen LogP contribution in [0.25, 0.3) is 0 Å². The minimum atomic E-state index is -0.701. The highest BCUT2D eigenvalue weighted by atomic mass is 16.6. The van der Waals surface area contributed by atoms with Crippen molar-refractivity contribution in [2.75, 3.05) is 7.05 Å². The summed E-state index contributed by atoms with van der Waals surface area (Å²) in [4.78, 5) is 23.3. The molecule has 0 aliphatic carbocycles. The van der Waals surface area contributed by atoms with E-state index in [0.717, 1.165) is 11.6 Å². The van der Waals surface area contributed by atoms with Crippen LogP contribution < -0.4 is 0 Å². The van der Waals surface area contributed by atoms with Crippen molar-refractivity contribution in [1.29, 1.82) is 5.26 Å². The predicted molar refractivity (Wildman–Crippen MR) is 72.3 cm³/mol. The van der Waals surface area contributed by atoms with E-state index in [1.807, 2.05) is 6.07 Å². The van der Waals surface area contributed by atoms with E-state index < -0.39 is 16.7 Å². The van der Waals surface area contributed by atoms with Gasteiger partial charge in [0.05, 0.1) is 17.7 Å². The Bertz CT molecular complexity index is 730. The molecule has 7 nitrogen and oxygen atoms in total. The van der Waals surface area contributed by atoms with E-state index in [2.05, 4.69) is 0 Å². The lowest BCUT2D eigenvalue weighted by atomic mass is 10.1. The lowest BCUT2D eigenvalue weighted by Crippen LogP contribution is -2.25. The number of benzene rings is 1. The van der Waals surface area contributed by atoms with Gasteiger partial charge in [-0.2, -0.15) is 5.26 Å². The van der Waals surface area contributed by atoms with E-state index >= 15 is 0 Å². The number of carbonyl (C=O) groups excluding carboxylic acids is 1. The fraction of sp³-hybridized carbons (Fsp3) is 0.143. The molecule has 2 rings (SSSR count). The number of hydrogen-bond donors (Lipinski definition) is 0. The fourth-order valence-corrected chi connectivity index (χ4v) is 1.81. The highest BCUT2D eigenvalue weighted by molar-refractivity contribution is 5.91. The molecule has 0 fully saturated rings. The van der Waals surface area contributed by atoms with Gasteiger partial charge in [0, 0.05) is 13.6 Å². The number of furan rings is 1. The fourth-order valence-electron chi connectivity index (χ4n) is 1.81. The summed E-state index contributed by atoms with van der Waals surface area (Å²) in [5.74, 6) is -1.04. The summed E-state index contributed by atoms with van der Waals surface area (Å²) < 4.78 is 4.87. The topological polar surface area (TPSA) is 100 Å². The molecule has 1 heterocycles. The third kappa shape index (κ3) is 3.25. The summed E-state index contributed by atoms with van der Waals surface area (Å²) in [6.45, 7) is 0.267. The molecule has 2 aromatic rings. The molecule has 0 saturated heterocycles. The maximum absolute atomic E-state index is 12.1. The van der Waals surface area contributed by atoms with Gasteiger partial charge in [-0.1, -0.05) is 12.1 Å². The van der Waals surface area contributed by atoms with Crippen LogP contribution in [0.1, 0.15) is 21.7 Å². The highest BCUT2D eigenvalue weighted by Gasteiger charge is 2.20. The Labute approximate surface area is 120 Å². The Morgan fingerprint density at radius 3 is 2.81 bits per heavy atom. The van der Waals surface area contributed by atoms with Crippen molar-refractivity contribution < 1.29 is 14.1 Å². The Kier molecular flexibility index (Phi) is 4.00.